The Morgan fingerprint density at radius 2 is 1.69 bits per heavy atom. The lowest BCUT2D eigenvalue weighted by molar-refractivity contribution is -0.121. The predicted octanol–water partition coefficient (Wildman–Crippen LogP) is 2.48. The molecule has 0 aromatic heterocycles. The van der Waals surface area contributed by atoms with Gasteiger partial charge in [-0.05, 0) is 42.8 Å². The van der Waals surface area contributed by atoms with Crippen molar-refractivity contribution in [3.63, 3.8) is 0 Å². The van der Waals surface area contributed by atoms with Crippen molar-refractivity contribution >= 4 is 28.9 Å². The maximum Gasteiger partial charge on any atom is 0.251 e. The highest BCUT2D eigenvalue weighted by Crippen LogP contribution is 2.24. The molecule has 1 heterocycles. The molecule has 0 aliphatic carbocycles. The van der Waals surface area contributed by atoms with Crippen LogP contribution in [0, 0.1) is 22.7 Å². The average Bonchev–Trinajstić information content (AvgIpc) is 3.11. The zero-order valence-corrected chi connectivity index (χ0v) is 15.9. The van der Waals surface area contributed by atoms with Crippen molar-refractivity contribution in [1.29, 1.82) is 10.5 Å². The Bertz CT molecular complexity index is 1090. The van der Waals surface area contributed by atoms with E-state index in [9.17, 15) is 9.59 Å². The van der Waals surface area contributed by atoms with Gasteiger partial charge in [0.25, 0.3) is 5.91 Å². The van der Waals surface area contributed by atoms with Crippen LogP contribution < -0.4 is 16.1 Å². The molecular formula is C21H18N6O2. The molecule has 8 heteroatoms. The summed E-state index contributed by atoms with van der Waals surface area (Å²) < 4.78 is 0. The highest BCUT2D eigenvalue weighted by molar-refractivity contribution is 6.09. The summed E-state index contributed by atoms with van der Waals surface area (Å²) in [6.07, 6.45) is 0.361. The maximum absolute atomic E-state index is 12.8. The fraction of sp³-hybridized carbons (Fsp3) is 0.190. The van der Waals surface area contributed by atoms with Crippen LogP contribution in [-0.4, -0.2) is 23.1 Å². The fourth-order valence-electron chi connectivity index (χ4n) is 2.93. The van der Waals surface area contributed by atoms with Gasteiger partial charge in [-0.15, -0.1) is 0 Å². The zero-order valence-electron chi connectivity index (χ0n) is 15.9. The number of amides is 2. The Hall–Kier alpha value is -4.17. The summed E-state index contributed by atoms with van der Waals surface area (Å²) in [7, 11) is 0. The van der Waals surface area contributed by atoms with E-state index < -0.39 is 5.54 Å². The van der Waals surface area contributed by atoms with Gasteiger partial charge in [0, 0.05) is 24.7 Å². The van der Waals surface area contributed by atoms with Crippen LogP contribution in [0.1, 0.15) is 37.0 Å². The molecule has 29 heavy (non-hydrogen) atoms. The van der Waals surface area contributed by atoms with Crippen molar-refractivity contribution in [2.45, 2.75) is 25.8 Å². The highest BCUT2D eigenvalue weighted by atomic mass is 16.2. The molecule has 2 aromatic carbocycles. The molecule has 1 aliphatic rings. The van der Waals surface area contributed by atoms with Crippen molar-refractivity contribution in [2.75, 3.05) is 10.6 Å². The SMILES string of the molecule is CC(=O)Nc1ccc(C2=NNC(C)(C(=O)Nc3ccc(C#N)c(C#N)c3)C2)cc1. The molecule has 144 valence electrons. The minimum atomic E-state index is -0.966. The fourth-order valence-corrected chi connectivity index (χ4v) is 2.93. The summed E-state index contributed by atoms with van der Waals surface area (Å²) in [5.41, 5.74) is 5.05. The molecule has 0 spiro atoms. The second kappa shape index (κ2) is 7.83. The molecule has 3 N–H and O–H groups in total. The third-order valence-corrected chi connectivity index (χ3v) is 4.52. The molecule has 2 amide bonds. The van der Waals surface area contributed by atoms with Gasteiger partial charge >= 0.3 is 0 Å². The molecule has 8 nitrogen and oxygen atoms in total. The largest absolute Gasteiger partial charge is 0.326 e. The summed E-state index contributed by atoms with van der Waals surface area (Å²) in [6.45, 7) is 3.18. The van der Waals surface area contributed by atoms with Crippen LogP contribution in [0.4, 0.5) is 11.4 Å². The molecule has 0 radical (unpaired) electrons. The van der Waals surface area contributed by atoms with Crippen LogP contribution >= 0.6 is 0 Å². The molecule has 1 aliphatic heterocycles. The minimum Gasteiger partial charge on any atom is -0.326 e. The van der Waals surface area contributed by atoms with Crippen molar-refractivity contribution < 1.29 is 9.59 Å². The third-order valence-electron chi connectivity index (χ3n) is 4.52. The maximum atomic E-state index is 12.8. The van der Waals surface area contributed by atoms with Gasteiger partial charge in [-0.25, -0.2) is 0 Å². The van der Waals surface area contributed by atoms with E-state index in [1.54, 1.807) is 25.1 Å². The Morgan fingerprint density at radius 3 is 2.31 bits per heavy atom. The second-order valence-electron chi connectivity index (χ2n) is 6.88. The molecule has 0 fully saturated rings. The third kappa shape index (κ3) is 4.23. The van der Waals surface area contributed by atoms with Gasteiger partial charge < -0.3 is 10.6 Å². The Morgan fingerprint density at radius 1 is 1.03 bits per heavy atom. The predicted molar refractivity (Wildman–Crippen MR) is 108 cm³/mol. The van der Waals surface area contributed by atoms with Crippen molar-refractivity contribution in [2.24, 2.45) is 5.10 Å². The number of anilines is 2. The number of carbonyl (C=O) groups is 2. The Kier molecular flexibility index (Phi) is 5.29. The number of rotatable bonds is 4. The normalized spacial score (nSPS) is 17.3. The molecule has 0 saturated heterocycles. The monoisotopic (exact) mass is 386 g/mol. The van der Waals surface area contributed by atoms with Crippen LogP contribution in [0.3, 0.4) is 0 Å². The first-order valence-electron chi connectivity index (χ1n) is 8.82. The number of benzene rings is 2. The summed E-state index contributed by atoms with van der Waals surface area (Å²) in [6, 6.07) is 15.6. The number of carbonyl (C=O) groups excluding carboxylic acids is 2. The molecule has 0 saturated carbocycles. The van der Waals surface area contributed by atoms with E-state index in [-0.39, 0.29) is 22.9 Å². The summed E-state index contributed by atoms with van der Waals surface area (Å²) in [4.78, 5) is 23.9. The first-order chi connectivity index (χ1) is 13.8. The summed E-state index contributed by atoms with van der Waals surface area (Å²) in [5.74, 6) is -0.455. The Balaban J connectivity index is 1.70. The van der Waals surface area contributed by atoms with E-state index in [0.29, 0.717) is 17.8 Å². The van der Waals surface area contributed by atoms with Gasteiger partial charge in [-0.1, -0.05) is 12.1 Å². The van der Waals surface area contributed by atoms with Crippen LogP contribution in [0.5, 0.6) is 0 Å². The molecular weight excluding hydrogens is 368 g/mol. The summed E-state index contributed by atoms with van der Waals surface area (Å²) in [5, 5.41) is 27.9. The lowest BCUT2D eigenvalue weighted by Crippen LogP contribution is -2.47. The van der Waals surface area contributed by atoms with Gasteiger partial charge in [0.2, 0.25) is 5.91 Å². The van der Waals surface area contributed by atoms with Crippen LogP contribution in [0.2, 0.25) is 0 Å². The topological polar surface area (TPSA) is 130 Å². The molecule has 1 atom stereocenters. The van der Waals surface area contributed by atoms with E-state index in [0.717, 1.165) is 11.3 Å². The first-order valence-corrected chi connectivity index (χ1v) is 8.82. The molecule has 0 bridgehead atoms. The Labute approximate surface area is 167 Å². The first kappa shape index (κ1) is 19.6. The highest BCUT2D eigenvalue weighted by Gasteiger charge is 2.39. The number of nitriles is 2. The number of hydrogen-bond donors (Lipinski definition) is 3. The van der Waals surface area contributed by atoms with Gasteiger partial charge in [0.1, 0.15) is 17.7 Å². The van der Waals surface area contributed by atoms with Gasteiger partial charge in [-0.3, -0.25) is 15.0 Å². The van der Waals surface area contributed by atoms with Crippen molar-refractivity contribution in [1.82, 2.24) is 5.43 Å². The average molecular weight is 386 g/mol. The van der Waals surface area contributed by atoms with Gasteiger partial charge in [0.05, 0.1) is 16.8 Å². The molecule has 3 rings (SSSR count). The van der Waals surface area contributed by atoms with E-state index >= 15 is 0 Å². The number of nitrogens with one attached hydrogen (secondary N) is 3. The lowest BCUT2D eigenvalue weighted by Gasteiger charge is -2.22. The summed E-state index contributed by atoms with van der Waals surface area (Å²) >= 11 is 0. The van der Waals surface area contributed by atoms with E-state index in [2.05, 4.69) is 21.2 Å². The van der Waals surface area contributed by atoms with Crippen molar-refractivity contribution in [3.05, 3.63) is 59.2 Å². The minimum absolute atomic E-state index is 0.149. The standard InChI is InChI=1S/C21H18N6O2/c1-13(28)24-17-6-3-14(4-7-17)19-10-21(2,27-26-19)20(29)25-18-8-5-15(11-22)16(9-18)12-23/h3-9,27H,10H2,1-2H3,(H,24,28)(H,25,29). The second-order valence-corrected chi connectivity index (χ2v) is 6.88. The number of nitrogens with zero attached hydrogens (tertiary/aromatic N) is 3. The number of hydrazone groups is 1. The van der Waals surface area contributed by atoms with Gasteiger partial charge in [0.15, 0.2) is 0 Å². The van der Waals surface area contributed by atoms with Crippen molar-refractivity contribution in [3.8, 4) is 12.1 Å². The van der Waals surface area contributed by atoms with E-state index in [1.807, 2.05) is 24.3 Å². The quantitative estimate of drug-likeness (QED) is 0.743. The smallest absolute Gasteiger partial charge is 0.251 e. The number of hydrogen-bond acceptors (Lipinski definition) is 6. The lowest BCUT2D eigenvalue weighted by atomic mass is 9.92. The van der Waals surface area contributed by atoms with Crippen LogP contribution in [0.25, 0.3) is 0 Å². The zero-order chi connectivity index (χ0) is 21.0. The van der Waals surface area contributed by atoms with E-state index in [1.165, 1.54) is 19.1 Å². The van der Waals surface area contributed by atoms with E-state index in [4.69, 9.17) is 10.5 Å². The molecule has 2 aromatic rings. The molecule has 1 unspecified atom stereocenters. The van der Waals surface area contributed by atoms with Crippen LogP contribution in [0.15, 0.2) is 47.6 Å². The van der Waals surface area contributed by atoms with Gasteiger partial charge in [-0.2, -0.15) is 15.6 Å². The van der Waals surface area contributed by atoms with Crippen LogP contribution in [-0.2, 0) is 9.59 Å².